The molecule has 1 aliphatic rings. The molecule has 13 heavy (non-hydrogen) atoms. The lowest BCUT2D eigenvalue weighted by Gasteiger charge is -2.23. The number of nitrogens with one attached hydrogen (secondary N) is 2. The van der Waals surface area contributed by atoms with E-state index in [1.807, 2.05) is 12.1 Å². The summed E-state index contributed by atoms with van der Waals surface area (Å²) in [5, 5.41) is 5.95. The van der Waals surface area contributed by atoms with Gasteiger partial charge in [0, 0.05) is 25.5 Å². The summed E-state index contributed by atoms with van der Waals surface area (Å²) in [5.74, 6) is 0.0393. The third-order valence-electron chi connectivity index (χ3n) is 2.07. The Labute approximate surface area is 76.4 Å². The van der Waals surface area contributed by atoms with Gasteiger partial charge in [-0.15, -0.1) is 0 Å². The second-order valence-electron chi connectivity index (χ2n) is 2.96. The number of amides is 1. The van der Waals surface area contributed by atoms with Crippen molar-refractivity contribution in [1.82, 2.24) is 15.6 Å². The summed E-state index contributed by atoms with van der Waals surface area (Å²) in [7, 11) is 0. The summed E-state index contributed by atoms with van der Waals surface area (Å²) >= 11 is 0. The molecule has 0 radical (unpaired) electrons. The van der Waals surface area contributed by atoms with Gasteiger partial charge in [0.05, 0.1) is 0 Å². The second kappa shape index (κ2) is 3.53. The molecule has 1 fully saturated rings. The molecule has 1 saturated heterocycles. The van der Waals surface area contributed by atoms with Crippen molar-refractivity contribution in [2.45, 2.75) is 6.04 Å². The van der Waals surface area contributed by atoms with Crippen molar-refractivity contribution < 1.29 is 4.79 Å². The number of pyridine rings is 1. The van der Waals surface area contributed by atoms with Crippen LogP contribution >= 0.6 is 0 Å². The maximum atomic E-state index is 11.4. The van der Waals surface area contributed by atoms with Gasteiger partial charge in [0.25, 0.3) is 0 Å². The van der Waals surface area contributed by atoms with E-state index in [-0.39, 0.29) is 11.9 Å². The number of hydrogen-bond acceptors (Lipinski definition) is 3. The molecule has 4 nitrogen and oxygen atoms in total. The van der Waals surface area contributed by atoms with Gasteiger partial charge in [0.2, 0.25) is 5.91 Å². The Balaban J connectivity index is 2.20. The van der Waals surface area contributed by atoms with E-state index in [9.17, 15) is 4.79 Å². The van der Waals surface area contributed by atoms with Gasteiger partial charge in [0.1, 0.15) is 6.04 Å². The van der Waals surface area contributed by atoms with Gasteiger partial charge < -0.3 is 10.6 Å². The Morgan fingerprint density at radius 2 is 2.08 bits per heavy atom. The van der Waals surface area contributed by atoms with Crippen molar-refractivity contribution in [2.75, 3.05) is 13.1 Å². The van der Waals surface area contributed by atoms with Crippen LogP contribution in [0.15, 0.2) is 24.5 Å². The number of hydrogen-bond donors (Lipinski definition) is 2. The van der Waals surface area contributed by atoms with E-state index >= 15 is 0 Å². The summed E-state index contributed by atoms with van der Waals surface area (Å²) in [5.41, 5.74) is 0.965. The molecule has 1 aromatic rings. The van der Waals surface area contributed by atoms with Crippen molar-refractivity contribution in [3.05, 3.63) is 30.1 Å². The number of piperazine rings is 1. The molecule has 0 bridgehead atoms. The number of rotatable bonds is 1. The lowest BCUT2D eigenvalue weighted by molar-refractivity contribution is -0.124. The number of nitrogens with zero attached hydrogens (tertiary/aromatic N) is 1. The van der Waals surface area contributed by atoms with Gasteiger partial charge in [-0.1, -0.05) is 0 Å². The largest absolute Gasteiger partial charge is 0.353 e. The van der Waals surface area contributed by atoms with Crippen molar-refractivity contribution in [3.63, 3.8) is 0 Å². The summed E-state index contributed by atoms with van der Waals surface area (Å²) < 4.78 is 0. The van der Waals surface area contributed by atoms with Crippen LogP contribution in [-0.4, -0.2) is 24.0 Å². The molecular formula is C9H11N3O. The maximum absolute atomic E-state index is 11.4. The summed E-state index contributed by atoms with van der Waals surface area (Å²) in [4.78, 5) is 15.3. The smallest absolute Gasteiger partial charge is 0.241 e. The molecule has 1 atom stereocenters. The predicted molar refractivity (Wildman–Crippen MR) is 48.0 cm³/mol. The minimum Gasteiger partial charge on any atom is -0.353 e. The minimum absolute atomic E-state index is 0.0393. The zero-order valence-corrected chi connectivity index (χ0v) is 7.16. The van der Waals surface area contributed by atoms with Crippen molar-refractivity contribution in [3.8, 4) is 0 Å². The fourth-order valence-electron chi connectivity index (χ4n) is 1.42. The normalized spacial score (nSPS) is 22.5. The zero-order chi connectivity index (χ0) is 9.10. The molecule has 0 spiro atoms. The van der Waals surface area contributed by atoms with E-state index in [0.29, 0.717) is 6.54 Å². The molecule has 2 rings (SSSR count). The third-order valence-corrected chi connectivity index (χ3v) is 2.07. The van der Waals surface area contributed by atoms with E-state index in [1.165, 1.54) is 0 Å². The van der Waals surface area contributed by atoms with Crippen molar-refractivity contribution in [2.24, 2.45) is 0 Å². The molecule has 1 aromatic heterocycles. The van der Waals surface area contributed by atoms with Crippen LogP contribution in [0.2, 0.25) is 0 Å². The Kier molecular flexibility index (Phi) is 2.23. The average molecular weight is 177 g/mol. The first-order chi connectivity index (χ1) is 6.38. The number of carbonyl (C=O) groups excluding carboxylic acids is 1. The van der Waals surface area contributed by atoms with E-state index in [0.717, 1.165) is 12.1 Å². The van der Waals surface area contributed by atoms with Gasteiger partial charge in [-0.2, -0.15) is 0 Å². The van der Waals surface area contributed by atoms with E-state index in [2.05, 4.69) is 15.6 Å². The van der Waals surface area contributed by atoms with Crippen LogP contribution in [0, 0.1) is 0 Å². The fraction of sp³-hybridized carbons (Fsp3) is 0.333. The van der Waals surface area contributed by atoms with Gasteiger partial charge in [-0.25, -0.2) is 0 Å². The van der Waals surface area contributed by atoms with Crippen molar-refractivity contribution in [1.29, 1.82) is 0 Å². The Morgan fingerprint density at radius 3 is 2.77 bits per heavy atom. The van der Waals surface area contributed by atoms with Gasteiger partial charge in [-0.05, 0) is 17.7 Å². The SMILES string of the molecule is O=C1NCCN[C@H]1c1ccncc1. The monoisotopic (exact) mass is 177 g/mol. The highest BCUT2D eigenvalue weighted by molar-refractivity contribution is 5.83. The van der Waals surface area contributed by atoms with Gasteiger partial charge in [-0.3, -0.25) is 9.78 Å². The topological polar surface area (TPSA) is 54.0 Å². The Bertz CT molecular complexity index is 299. The quantitative estimate of drug-likeness (QED) is 0.627. The first-order valence-electron chi connectivity index (χ1n) is 4.29. The molecule has 0 aromatic carbocycles. The lowest BCUT2D eigenvalue weighted by Crippen LogP contribution is -2.47. The summed E-state index contributed by atoms with van der Waals surface area (Å²) in [6, 6.07) is 3.49. The van der Waals surface area contributed by atoms with Crippen LogP contribution < -0.4 is 10.6 Å². The molecule has 68 valence electrons. The first kappa shape index (κ1) is 8.19. The number of aromatic nitrogens is 1. The predicted octanol–water partition coefficient (Wildman–Crippen LogP) is -0.158. The molecule has 2 heterocycles. The molecular weight excluding hydrogens is 166 g/mol. The molecule has 1 amide bonds. The molecule has 4 heteroatoms. The van der Waals surface area contributed by atoms with Crippen LogP contribution in [0.1, 0.15) is 11.6 Å². The molecule has 2 N–H and O–H groups in total. The van der Waals surface area contributed by atoms with Crippen LogP contribution in [0.25, 0.3) is 0 Å². The molecule has 0 aliphatic carbocycles. The van der Waals surface area contributed by atoms with Crippen LogP contribution in [0.4, 0.5) is 0 Å². The Hall–Kier alpha value is -1.42. The van der Waals surface area contributed by atoms with E-state index in [1.54, 1.807) is 12.4 Å². The maximum Gasteiger partial charge on any atom is 0.241 e. The number of carbonyl (C=O) groups is 1. The van der Waals surface area contributed by atoms with Crippen LogP contribution in [0.5, 0.6) is 0 Å². The summed E-state index contributed by atoms with van der Waals surface area (Å²) in [6.07, 6.45) is 3.39. The summed E-state index contributed by atoms with van der Waals surface area (Å²) in [6.45, 7) is 1.53. The first-order valence-corrected chi connectivity index (χ1v) is 4.29. The van der Waals surface area contributed by atoms with Gasteiger partial charge in [0.15, 0.2) is 0 Å². The standard InChI is InChI=1S/C9H11N3O/c13-9-8(11-5-6-12-9)7-1-3-10-4-2-7/h1-4,8,11H,5-6H2,(H,12,13)/t8-/m0/s1. The molecule has 1 aliphatic heterocycles. The molecule has 0 unspecified atom stereocenters. The fourth-order valence-corrected chi connectivity index (χ4v) is 1.42. The van der Waals surface area contributed by atoms with E-state index < -0.39 is 0 Å². The van der Waals surface area contributed by atoms with Gasteiger partial charge >= 0.3 is 0 Å². The zero-order valence-electron chi connectivity index (χ0n) is 7.16. The highest BCUT2D eigenvalue weighted by Gasteiger charge is 2.22. The third kappa shape index (κ3) is 1.67. The second-order valence-corrected chi connectivity index (χ2v) is 2.96. The lowest BCUT2D eigenvalue weighted by atomic mass is 10.1. The average Bonchev–Trinajstić information content (AvgIpc) is 2.20. The van der Waals surface area contributed by atoms with Crippen LogP contribution in [-0.2, 0) is 4.79 Å². The highest BCUT2D eigenvalue weighted by atomic mass is 16.2. The Morgan fingerprint density at radius 1 is 1.31 bits per heavy atom. The van der Waals surface area contributed by atoms with Crippen molar-refractivity contribution >= 4 is 5.91 Å². The molecule has 0 saturated carbocycles. The minimum atomic E-state index is -0.211. The van der Waals surface area contributed by atoms with E-state index in [4.69, 9.17) is 0 Å². The highest BCUT2D eigenvalue weighted by Crippen LogP contribution is 2.12. The van der Waals surface area contributed by atoms with Crippen LogP contribution in [0.3, 0.4) is 0 Å².